The number of primary amides is 1. The highest BCUT2D eigenvalue weighted by Crippen LogP contribution is 2.25. The number of carbonyl (C=O) groups excluding carboxylic acids is 1. The normalized spacial score (nSPS) is 10.4. The number of benzene rings is 1. The number of nitrogens with zero attached hydrogens (tertiary/aromatic N) is 3. The second-order valence-electron chi connectivity index (χ2n) is 4.07. The Kier molecular flexibility index (Phi) is 4.06. The monoisotopic (exact) mass is 278 g/mol. The van der Waals surface area contributed by atoms with Gasteiger partial charge in [0.25, 0.3) is 5.22 Å². The molecule has 2 N–H and O–H groups in total. The van der Waals surface area contributed by atoms with Crippen molar-refractivity contribution in [3.8, 4) is 11.5 Å². The third kappa shape index (κ3) is 3.47. The van der Waals surface area contributed by atoms with E-state index in [4.69, 9.17) is 10.2 Å². The van der Waals surface area contributed by atoms with Crippen molar-refractivity contribution < 1.29 is 9.21 Å². The second-order valence-corrected chi connectivity index (χ2v) is 5.00. The summed E-state index contributed by atoms with van der Waals surface area (Å²) in [6.07, 6.45) is 0. The molecule has 0 aliphatic rings. The molecule has 0 saturated carbocycles. The predicted octanol–water partition coefficient (Wildman–Crippen LogP) is 1.38. The van der Waals surface area contributed by atoms with Gasteiger partial charge in [-0.2, -0.15) is 0 Å². The van der Waals surface area contributed by atoms with E-state index in [0.29, 0.717) is 11.1 Å². The standard InChI is InChI=1S/C12H14N4O2S/c1-16(2)9-5-3-4-8(6-9)11-14-15-12(18-11)19-7-10(13)17/h3-6H,7H2,1-2H3,(H2,13,17). The lowest BCUT2D eigenvalue weighted by Crippen LogP contribution is -2.12. The lowest BCUT2D eigenvalue weighted by Gasteiger charge is -2.12. The fourth-order valence-corrected chi connectivity index (χ4v) is 1.94. The number of hydrogen-bond acceptors (Lipinski definition) is 6. The van der Waals surface area contributed by atoms with E-state index < -0.39 is 5.91 Å². The lowest BCUT2D eigenvalue weighted by molar-refractivity contribution is -0.115. The van der Waals surface area contributed by atoms with Crippen LogP contribution in [0.25, 0.3) is 11.5 Å². The number of aromatic nitrogens is 2. The summed E-state index contributed by atoms with van der Waals surface area (Å²) >= 11 is 1.13. The molecule has 0 unspecified atom stereocenters. The summed E-state index contributed by atoms with van der Waals surface area (Å²) in [5, 5.41) is 8.16. The number of carbonyl (C=O) groups is 1. The number of thioether (sulfide) groups is 1. The predicted molar refractivity (Wildman–Crippen MR) is 74.0 cm³/mol. The van der Waals surface area contributed by atoms with Gasteiger partial charge in [-0.3, -0.25) is 4.79 Å². The summed E-state index contributed by atoms with van der Waals surface area (Å²) in [5.74, 6) is 0.134. The molecule has 0 aliphatic heterocycles. The van der Waals surface area contributed by atoms with Crippen LogP contribution >= 0.6 is 11.8 Å². The van der Waals surface area contributed by atoms with Gasteiger partial charge >= 0.3 is 0 Å². The molecule has 2 aromatic rings. The van der Waals surface area contributed by atoms with Crippen LogP contribution in [0, 0.1) is 0 Å². The Morgan fingerprint density at radius 2 is 2.21 bits per heavy atom. The molecule has 1 heterocycles. The van der Waals surface area contributed by atoms with E-state index in [1.807, 2.05) is 43.3 Å². The average molecular weight is 278 g/mol. The summed E-state index contributed by atoms with van der Waals surface area (Å²) in [6.45, 7) is 0. The fourth-order valence-electron chi connectivity index (χ4n) is 1.43. The van der Waals surface area contributed by atoms with Crippen LogP contribution in [-0.2, 0) is 4.79 Å². The van der Waals surface area contributed by atoms with Gasteiger partial charge in [-0.25, -0.2) is 0 Å². The Morgan fingerprint density at radius 1 is 1.42 bits per heavy atom. The minimum atomic E-state index is -0.417. The fraction of sp³-hybridized carbons (Fsp3) is 0.250. The van der Waals surface area contributed by atoms with Crippen molar-refractivity contribution in [2.24, 2.45) is 5.73 Å². The molecule has 1 aromatic carbocycles. The highest BCUT2D eigenvalue weighted by atomic mass is 32.2. The van der Waals surface area contributed by atoms with Crippen molar-refractivity contribution in [3.63, 3.8) is 0 Å². The van der Waals surface area contributed by atoms with E-state index >= 15 is 0 Å². The molecule has 1 aromatic heterocycles. The van der Waals surface area contributed by atoms with Gasteiger partial charge in [-0.05, 0) is 18.2 Å². The van der Waals surface area contributed by atoms with Crippen LogP contribution in [0.4, 0.5) is 5.69 Å². The quantitative estimate of drug-likeness (QED) is 0.832. The van der Waals surface area contributed by atoms with Crippen LogP contribution in [0.15, 0.2) is 33.9 Å². The minimum Gasteiger partial charge on any atom is -0.411 e. The van der Waals surface area contributed by atoms with E-state index in [9.17, 15) is 4.79 Å². The van der Waals surface area contributed by atoms with E-state index in [-0.39, 0.29) is 5.75 Å². The van der Waals surface area contributed by atoms with Crippen molar-refractivity contribution in [2.75, 3.05) is 24.7 Å². The molecule has 0 saturated heterocycles. The Labute approximate surface area is 115 Å². The highest BCUT2D eigenvalue weighted by molar-refractivity contribution is 7.99. The topological polar surface area (TPSA) is 85.3 Å². The summed E-state index contributed by atoms with van der Waals surface area (Å²) in [6, 6.07) is 7.76. The van der Waals surface area contributed by atoms with Crippen molar-refractivity contribution >= 4 is 23.4 Å². The van der Waals surface area contributed by atoms with Gasteiger partial charge < -0.3 is 15.1 Å². The molecule has 7 heteroatoms. The van der Waals surface area contributed by atoms with Gasteiger partial charge in [0.1, 0.15) is 0 Å². The number of anilines is 1. The first-order chi connectivity index (χ1) is 9.06. The van der Waals surface area contributed by atoms with E-state index in [2.05, 4.69) is 10.2 Å². The van der Waals surface area contributed by atoms with Crippen molar-refractivity contribution in [1.29, 1.82) is 0 Å². The number of amides is 1. The smallest absolute Gasteiger partial charge is 0.277 e. The molecule has 0 spiro atoms. The van der Waals surface area contributed by atoms with E-state index in [0.717, 1.165) is 23.0 Å². The van der Waals surface area contributed by atoms with Crippen molar-refractivity contribution in [2.45, 2.75) is 5.22 Å². The van der Waals surface area contributed by atoms with Crippen LogP contribution < -0.4 is 10.6 Å². The number of rotatable bonds is 5. The molecule has 0 fully saturated rings. The zero-order valence-corrected chi connectivity index (χ0v) is 11.5. The first-order valence-electron chi connectivity index (χ1n) is 5.58. The van der Waals surface area contributed by atoms with Crippen LogP contribution in [-0.4, -0.2) is 36.0 Å². The Balaban J connectivity index is 2.18. The summed E-state index contributed by atoms with van der Waals surface area (Å²) < 4.78 is 5.47. The maximum Gasteiger partial charge on any atom is 0.277 e. The molecule has 0 bridgehead atoms. The lowest BCUT2D eigenvalue weighted by atomic mass is 10.2. The summed E-state index contributed by atoms with van der Waals surface area (Å²) in [7, 11) is 3.92. The molecule has 6 nitrogen and oxygen atoms in total. The Morgan fingerprint density at radius 3 is 2.89 bits per heavy atom. The van der Waals surface area contributed by atoms with Crippen LogP contribution in [0.2, 0.25) is 0 Å². The Bertz CT molecular complexity index is 583. The number of nitrogens with two attached hydrogens (primary N) is 1. The van der Waals surface area contributed by atoms with Gasteiger partial charge in [-0.1, -0.05) is 17.8 Å². The summed E-state index contributed by atoms with van der Waals surface area (Å²) in [5.41, 5.74) is 6.94. The van der Waals surface area contributed by atoms with Gasteiger partial charge in [0.05, 0.1) is 5.75 Å². The maximum absolute atomic E-state index is 10.7. The van der Waals surface area contributed by atoms with E-state index in [1.54, 1.807) is 0 Å². The molecule has 2 rings (SSSR count). The maximum atomic E-state index is 10.7. The molecule has 0 radical (unpaired) electrons. The van der Waals surface area contributed by atoms with Crippen molar-refractivity contribution in [1.82, 2.24) is 10.2 Å². The summed E-state index contributed by atoms with van der Waals surface area (Å²) in [4.78, 5) is 12.7. The second kappa shape index (κ2) is 5.75. The van der Waals surface area contributed by atoms with Crippen LogP contribution in [0.5, 0.6) is 0 Å². The third-order valence-corrected chi connectivity index (χ3v) is 3.19. The molecule has 19 heavy (non-hydrogen) atoms. The van der Waals surface area contributed by atoms with Crippen LogP contribution in [0.1, 0.15) is 0 Å². The zero-order valence-electron chi connectivity index (χ0n) is 10.7. The molecular formula is C12H14N4O2S. The largest absolute Gasteiger partial charge is 0.411 e. The zero-order chi connectivity index (χ0) is 13.8. The van der Waals surface area contributed by atoms with Gasteiger partial charge in [0.15, 0.2) is 0 Å². The molecule has 0 atom stereocenters. The first-order valence-corrected chi connectivity index (χ1v) is 6.57. The first kappa shape index (κ1) is 13.4. The number of hydrogen-bond donors (Lipinski definition) is 1. The average Bonchev–Trinajstić information content (AvgIpc) is 2.85. The molecular weight excluding hydrogens is 264 g/mol. The highest BCUT2D eigenvalue weighted by Gasteiger charge is 2.10. The molecule has 1 amide bonds. The minimum absolute atomic E-state index is 0.124. The van der Waals surface area contributed by atoms with Gasteiger partial charge in [0, 0.05) is 25.3 Å². The van der Waals surface area contributed by atoms with Gasteiger partial charge in [-0.15, -0.1) is 10.2 Å². The third-order valence-electron chi connectivity index (χ3n) is 2.35. The van der Waals surface area contributed by atoms with Crippen molar-refractivity contribution in [3.05, 3.63) is 24.3 Å². The molecule has 0 aliphatic carbocycles. The Hall–Kier alpha value is -2.02. The van der Waals surface area contributed by atoms with E-state index in [1.165, 1.54) is 0 Å². The van der Waals surface area contributed by atoms with Crippen LogP contribution in [0.3, 0.4) is 0 Å². The van der Waals surface area contributed by atoms with Gasteiger partial charge in [0.2, 0.25) is 11.8 Å². The molecule has 100 valence electrons. The SMILES string of the molecule is CN(C)c1cccc(-c2nnc(SCC(N)=O)o2)c1.